The van der Waals surface area contributed by atoms with Crippen molar-refractivity contribution in [2.24, 2.45) is 0 Å². The highest BCUT2D eigenvalue weighted by Crippen LogP contribution is 2.26. The van der Waals surface area contributed by atoms with Crippen LogP contribution in [0.1, 0.15) is 17.1 Å². The normalized spacial score (nSPS) is 11.8. The monoisotopic (exact) mass is 194 g/mol. The molecule has 1 rings (SSSR count). The smallest absolute Gasteiger partial charge is 0.246 e. The van der Waals surface area contributed by atoms with E-state index in [1.807, 2.05) is 0 Å². The van der Waals surface area contributed by atoms with Crippen molar-refractivity contribution in [3.8, 4) is 0 Å². The largest absolute Gasteiger partial charge is 0.451 e. The molecule has 2 nitrogen and oxygen atoms in total. The Labute approximate surface area is 71.6 Å². The molecule has 0 saturated carbocycles. The Morgan fingerprint density at radius 3 is 2.38 bits per heavy atom. The van der Waals surface area contributed by atoms with Gasteiger partial charge < -0.3 is 0 Å². The molecule has 0 bridgehead atoms. The van der Waals surface area contributed by atoms with Gasteiger partial charge in [0.05, 0.1) is 0 Å². The molecule has 13 heavy (non-hydrogen) atoms. The summed E-state index contributed by atoms with van der Waals surface area (Å²) in [7, 11) is 0. The fourth-order valence-corrected chi connectivity index (χ4v) is 0.760. The zero-order chi connectivity index (χ0) is 10.1. The summed E-state index contributed by atoms with van der Waals surface area (Å²) >= 11 is 0. The van der Waals surface area contributed by atoms with E-state index in [1.54, 1.807) is 0 Å². The molecule has 0 saturated heterocycles. The van der Waals surface area contributed by atoms with Crippen molar-refractivity contribution in [3.63, 3.8) is 0 Å². The zero-order valence-electron chi connectivity index (χ0n) is 6.69. The maximum absolute atomic E-state index is 12.1. The molecule has 0 amide bonds. The second-order valence-electron chi connectivity index (χ2n) is 2.44. The van der Waals surface area contributed by atoms with Gasteiger partial charge in [-0.25, -0.2) is 14.4 Å². The summed E-state index contributed by atoms with van der Waals surface area (Å²) in [5.41, 5.74) is 0.0952. The lowest BCUT2D eigenvalue weighted by atomic mass is 10.2. The molecular weight excluding hydrogens is 188 g/mol. The molecule has 6 heteroatoms. The lowest BCUT2D eigenvalue weighted by Gasteiger charge is -2.06. The summed E-state index contributed by atoms with van der Waals surface area (Å²) in [5.74, 6) is -1.23. The summed E-state index contributed by atoms with van der Waals surface area (Å²) in [5, 5.41) is 0. The Hall–Kier alpha value is -1.20. The topological polar surface area (TPSA) is 25.8 Å². The van der Waals surface area contributed by atoms with E-state index in [9.17, 15) is 17.6 Å². The average molecular weight is 194 g/mol. The average Bonchev–Trinajstić information content (AvgIpc) is 2.02. The molecule has 72 valence electrons. The highest BCUT2D eigenvalue weighted by Gasteiger charge is 2.34. The van der Waals surface area contributed by atoms with Crippen LogP contribution in [0.2, 0.25) is 0 Å². The van der Waals surface area contributed by atoms with Crippen molar-refractivity contribution in [1.82, 2.24) is 9.97 Å². The second kappa shape index (κ2) is 3.27. The lowest BCUT2D eigenvalue weighted by molar-refractivity contribution is -0.145. The van der Waals surface area contributed by atoms with Gasteiger partial charge in [-0.1, -0.05) is 0 Å². The molecule has 0 aliphatic heterocycles. The van der Waals surface area contributed by atoms with Gasteiger partial charge in [-0.05, 0) is 6.92 Å². The fraction of sp³-hybridized carbons (Fsp3) is 0.429. The van der Waals surface area contributed by atoms with Crippen LogP contribution < -0.4 is 0 Å². The van der Waals surface area contributed by atoms with Gasteiger partial charge in [-0.2, -0.15) is 13.2 Å². The number of hydrogen-bond donors (Lipinski definition) is 0. The van der Waals surface area contributed by atoms with Gasteiger partial charge in [0, 0.05) is 17.5 Å². The molecule has 0 aliphatic rings. The van der Waals surface area contributed by atoms with Crippen LogP contribution in [0.25, 0.3) is 0 Å². The molecule has 0 aliphatic carbocycles. The Kier molecular flexibility index (Phi) is 2.49. The predicted octanol–water partition coefficient (Wildman–Crippen LogP) is 2.27. The number of alkyl halides is 4. The van der Waals surface area contributed by atoms with Crippen LogP contribution in [0.4, 0.5) is 17.6 Å². The first-order valence-electron chi connectivity index (χ1n) is 3.41. The van der Waals surface area contributed by atoms with Gasteiger partial charge in [0.2, 0.25) is 5.82 Å². The van der Waals surface area contributed by atoms with Crippen LogP contribution >= 0.6 is 0 Å². The van der Waals surface area contributed by atoms with E-state index in [2.05, 4.69) is 9.97 Å². The van der Waals surface area contributed by atoms with E-state index >= 15 is 0 Å². The zero-order valence-corrected chi connectivity index (χ0v) is 6.69. The first-order chi connectivity index (χ1) is 5.95. The Morgan fingerprint density at radius 1 is 1.38 bits per heavy atom. The van der Waals surface area contributed by atoms with Crippen LogP contribution in [0.3, 0.4) is 0 Å². The van der Waals surface area contributed by atoms with Crippen LogP contribution in [-0.4, -0.2) is 9.97 Å². The van der Waals surface area contributed by atoms with Crippen LogP contribution in [-0.2, 0) is 12.9 Å². The number of nitrogens with zero attached hydrogens (tertiary/aromatic N) is 2. The quantitative estimate of drug-likeness (QED) is 0.641. The summed E-state index contributed by atoms with van der Waals surface area (Å²) in [4.78, 5) is 6.14. The number of aromatic nitrogens is 2. The molecule has 0 unspecified atom stereocenters. The van der Waals surface area contributed by atoms with E-state index in [4.69, 9.17) is 0 Å². The predicted molar refractivity (Wildman–Crippen MR) is 36.6 cm³/mol. The van der Waals surface area contributed by atoms with Crippen molar-refractivity contribution in [2.45, 2.75) is 19.8 Å². The van der Waals surface area contributed by atoms with Gasteiger partial charge in [0.25, 0.3) is 0 Å². The second-order valence-corrected chi connectivity index (χ2v) is 2.44. The lowest BCUT2D eigenvalue weighted by Crippen LogP contribution is -2.12. The van der Waals surface area contributed by atoms with Crippen molar-refractivity contribution in [3.05, 3.63) is 23.3 Å². The number of aryl methyl sites for hydroxylation is 1. The number of hydrogen-bond acceptors (Lipinski definition) is 2. The molecule has 0 fully saturated rings. The van der Waals surface area contributed by atoms with E-state index in [0.717, 1.165) is 6.20 Å². The third kappa shape index (κ3) is 2.13. The highest BCUT2D eigenvalue weighted by molar-refractivity contribution is 5.15. The molecule has 0 aromatic carbocycles. The van der Waals surface area contributed by atoms with Crippen molar-refractivity contribution >= 4 is 0 Å². The van der Waals surface area contributed by atoms with Crippen molar-refractivity contribution < 1.29 is 17.6 Å². The van der Waals surface area contributed by atoms with E-state index in [-0.39, 0.29) is 11.3 Å². The van der Waals surface area contributed by atoms with Crippen LogP contribution in [0, 0.1) is 6.92 Å². The Balaban J connectivity index is 3.10. The number of rotatable bonds is 1. The summed E-state index contributed by atoms with van der Waals surface area (Å²) in [6.45, 7) is 0.454. The molecule has 0 spiro atoms. The maximum Gasteiger partial charge on any atom is 0.451 e. The Bertz CT molecular complexity index is 308. The molecule has 0 radical (unpaired) electrons. The van der Waals surface area contributed by atoms with Gasteiger partial charge in [-0.15, -0.1) is 0 Å². The minimum atomic E-state index is -4.57. The summed E-state index contributed by atoms with van der Waals surface area (Å²) in [6.07, 6.45) is -3.72. The summed E-state index contributed by atoms with van der Waals surface area (Å²) < 4.78 is 48.0. The SMILES string of the molecule is Cc1nc(C(F)(F)F)ncc1CF. The van der Waals surface area contributed by atoms with Crippen LogP contribution in [0.15, 0.2) is 6.20 Å². The molecule has 0 atom stereocenters. The van der Waals surface area contributed by atoms with Crippen LogP contribution in [0.5, 0.6) is 0 Å². The fourth-order valence-electron chi connectivity index (χ4n) is 0.760. The highest BCUT2D eigenvalue weighted by atomic mass is 19.4. The molecular formula is C7H6F4N2. The molecule has 0 N–H and O–H groups in total. The number of halogens is 4. The van der Waals surface area contributed by atoms with Gasteiger partial charge in [0.1, 0.15) is 6.67 Å². The third-order valence-corrected chi connectivity index (χ3v) is 1.48. The van der Waals surface area contributed by atoms with Gasteiger partial charge in [-0.3, -0.25) is 0 Å². The van der Waals surface area contributed by atoms with Gasteiger partial charge >= 0.3 is 6.18 Å². The van der Waals surface area contributed by atoms with Crippen molar-refractivity contribution in [1.29, 1.82) is 0 Å². The molecule has 1 heterocycles. The van der Waals surface area contributed by atoms with Crippen molar-refractivity contribution in [2.75, 3.05) is 0 Å². The summed E-state index contributed by atoms with van der Waals surface area (Å²) in [6, 6.07) is 0. The molecule has 1 aromatic heterocycles. The van der Waals surface area contributed by atoms with E-state index < -0.39 is 18.7 Å². The minimum Gasteiger partial charge on any atom is -0.246 e. The first kappa shape index (κ1) is 9.88. The van der Waals surface area contributed by atoms with E-state index in [0.29, 0.717) is 0 Å². The third-order valence-electron chi connectivity index (χ3n) is 1.48. The molecule has 1 aromatic rings. The maximum atomic E-state index is 12.1. The minimum absolute atomic E-state index is 0.0184. The van der Waals surface area contributed by atoms with Gasteiger partial charge in [0.15, 0.2) is 0 Å². The first-order valence-corrected chi connectivity index (χ1v) is 3.41. The standard InChI is InChI=1S/C7H6F4N2/c1-4-5(2-8)3-12-6(13-4)7(9,10)11/h3H,2H2,1H3. The Morgan fingerprint density at radius 2 is 2.00 bits per heavy atom. The van der Waals surface area contributed by atoms with E-state index in [1.165, 1.54) is 6.92 Å².